The van der Waals surface area contributed by atoms with Gasteiger partial charge in [-0.05, 0) is 50.5 Å². The Labute approximate surface area is 150 Å². The third-order valence-electron chi connectivity index (χ3n) is 4.72. The van der Waals surface area contributed by atoms with Crippen LogP contribution in [-0.2, 0) is 17.3 Å². The zero-order valence-corrected chi connectivity index (χ0v) is 15.1. The lowest BCUT2D eigenvalue weighted by atomic mass is 10.00. The lowest BCUT2D eigenvalue weighted by Gasteiger charge is -2.14. The van der Waals surface area contributed by atoms with Crippen LogP contribution in [0.2, 0.25) is 0 Å². The van der Waals surface area contributed by atoms with Gasteiger partial charge in [0.2, 0.25) is 0 Å². The van der Waals surface area contributed by atoms with Gasteiger partial charge in [0.1, 0.15) is 0 Å². The van der Waals surface area contributed by atoms with E-state index < -0.39 is 17.5 Å². The van der Waals surface area contributed by atoms with Crippen molar-refractivity contribution >= 4 is 16.9 Å². The molecule has 1 heterocycles. The summed E-state index contributed by atoms with van der Waals surface area (Å²) >= 11 is 0. The number of halogens is 2. The highest BCUT2D eigenvalue weighted by Crippen LogP contribution is 2.32. The topological polar surface area (TPSA) is 55.1 Å². The SMILES string of the molecule is Cc1cc(C)c(Cn2nc(C)c3ccc(C(F)(F)C(=O)O)cc32)c(C)c1. The monoisotopic (exact) mass is 358 g/mol. The summed E-state index contributed by atoms with van der Waals surface area (Å²) in [7, 11) is 0. The molecule has 0 saturated heterocycles. The van der Waals surface area contributed by atoms with Crippen LogP contribution in [-0.4, -0.2) is 20.9 Å². The molecule has 136 valence electrons. The van der Waals surface area contributed by atoms with Crippen LogP contribution < -0.4 is 0 Å². The number of carboxylic acids is 1. The first-order valence-corrected chi connectivity index (χ1v) is 8.27. The smallest absolute Gasteiger partial charge is 0.379 e. The summed E-state index contributed by atoms with van der Waals surface area (Å²) in [6, 6.07) is 8.03. The van der Waals surface area contributed by atoms with E-state index in [1.807, 2.05) is 27.7 Å². The normalized spacial score (nSPS) is 11.9. The number of rotatable bonds is 4. The van der Waals surface area contributed by atoms with Gasteiger partial charge < -0.3 is 5.11 Å². The minimum absolute atomic E-state index is 0.435. The van der Waals surface area contributed by atoms with E-state index >= 15 is 0 Å². The van der Waals surface area contributed by atoms with Crippen molar-refractivity contribution in [1.82, 2.24) is 9.78 Å². The minimum Gasteiger partial charge on any atom is -0.477 e. The maximum Gasteiger partial charge on any atom is 0.379 e. The van der Waals surface area contributed by atoms with Gasteiger partial charge in [-0.1, -0.05) is 29.8 Å². The molecule has 0 bridgehead atoms. The number of alkyl halides is 2. The van der Waals surface area contributed by atoms with E-state index in [9.17, 15) is 13.6 Å². The maximum atomic E-state index is 13.9. The summed E-state index contributed by atoms with van der Waals surface area (Å²) < 4.78 is 29.5. The maximum absolute atomic E-state index is 13.9. The van der Waals surface area contributed by atoms with Gasteiger partial charge in [0.25, 0.3) is 0 Å². The first-order valence-electron chi connectivity index (χ1n) is 8.27. The summed E-state index contributed by atoms with van der Waals surface area (Å²) in [6.07, 6.45) is 0. The molecule has 0 spiro atoms. The zero-order chi connectivity index (χ0) is 19.2. The van der Waals surface area contributed by atoms with Crippen molar-refractivity contribution in [3.63, 3.8) is 0 Å². The van der Waals surface area contributed by atoms with Gasteiger partial charge in [-0.2, -0.15) is 13.9 Å². The molecule has 0 aliphatic heterocycles. The van der Waals surface area contributed by atoms with E-state index in [1.54, 1.807) is 4.68 Å². The van der Waals surface area contributed by atoms with Crippen LogP contribution in [0.4, 0.5) is 8.78 Å². The van der Waals surface area contributed by atoms with Gasteiger partial charge in [0, 0.05) is 10.9 Å². The van der Waals surface area contributed by atoms with Crippen LogP contribution >= 0.6 is 0 Å². The Morgan fingerprint density at radius 3 is 2.31 bits per heavy atom. The van der Waals surface area contributed by atoms with Crippen molar-refractivity contribution in [3.05, 3.63) is 63.8 Å². The molecular formula is C20H20F2N2O2. The van der Waals surface area contributed by atoms with Gasteiger partial charge in [-0.3, -0.25) is 4.68 Å². The van der Waals surface area contributed by atoms with Gasteiger partial charge in [0.15, 0.2) is 0 Å². The first-order chi connectivity index (χ1) is 12.1. The average Bonchev–Trinajstić information content (AvgIpc) is 2.86. The van der Waals surface area contributed by atoms with Crippen LogP contribution in [0.15, 0.2) is 30.3 Å². The lowest BCUT2D eigenvalue weighted by Crippen LogP contribution is -2.25. The fourth-order valence-electron chi connectivity index (χ4n) is 3.39. The molecule has 0 fully saturated rings. The zero-order valence-electron chi connectivity index (χ0n) is 15.1. The second kappa shape index (κ2) is 6.20. The first kappa shape index (κ1) is 18.0. The van der Waals surface area contributed by atoms with Crippen molar-refractivity contribution in [2.24, 2.45) is 0 Å². The number of fused-ring (bicyclic) bond motifs is 1. The molecule has 1 N–H and O–H groups in total. The average molecular weight is 358 g/mol. The number of aromatic nitrogens is 2. The molecule has 3 aromatic rings. The Hall–Kier alpha value is -2.76. The van der Waals surface area contributed by atoms with E-state index in [0.717, 1.165) is 33.7 Å². The molecule has 6 heteroatoms. The number of hydrogen-bond acceptors (Lipinski definition) is 2. The number of benzene rings is 2. The molecule has 4 nitrogen and oxygen atoms in total. The largest absolute Gasteiger partial charge is 0.477 e. The van der Waals surface area contributed by atoms with Crippen molar-refractivity contribution in [2.75, 3.05) is 0 Å². The van der Waals surface area contributed by atoms with Crippen molar-refractivity contribution < 1.29 is 18.7 Å². The lowest BCUT2D eigenvalue weighted by molar-refractivity contribution is -0.166. The fraction of sp³-hybridized carbons (Fsp3) is 0.300. The number of nitrogens with zero attached hydrogens (tertiary/aromatic N) is 2. The Morgan fingerprint density at radius 1 is 1.12 bits per heavy atom. The molecule has 0 amide bonds. The van der Waals surface area contributed by atoms with Gasteiger partial charge in [0.05, 0.1) is 17.8 Å². The number of aryl methyl sites for hydroxylation is 4. The second-order valence-electron chi connectivity index (χ2n) is 6.73. The van der Waals surface area contributed by atoms with Crippen LogP contribution in [0.3, 0.4) is 0 Å². The molecule has 0 unspecified atom stereocenters. The molecule has 0 aliphatic rings. The van der Waals surface area contributed by atoms with Crippen LogP contribution in [0.25, 0.3) is 10.9 Å². The predicted octanol–water partition coefficient (Wildman–Crippen LogP) is 4.49. The van der Waals surface area contributed by atoms with E-state index in [2.05, 4.69) is 17.2 Å². The molecule has 0 aliphatic carbocycles. The number of carbonyl (C=O) groups is 1. The van der Waals surface area contributed by atoms with Gasteiger partial charge in [-0.25, -0.2) is 4.79 Å². The summed E-state index contributed by atoms with van der Waals surface area (Å²) in [5.41, 5.74) is 5.12. The molecule has 0 radical (unpaired) electrons. The molecule has 2 aromatic carbocycles. The summed E-state index contributed by atoms with van der Waals surface area (Å²) in [5.74, 6) is -6.10. The number of hydrogen-bond donors (Lipinski definition) is 1. The molecule has 1 aromatic heterocycles. The van der Waals surface area contributed by atoms with Gasteiger partial charge >= 0.3 is 11.9 Å². The molecular weight excluding hydrogens is 338 g/mol. The summed E-state index contributed by atoms with van der Waals surface area (Å²) in [4.78, 5) is 10.9. The summed E-state index contributed by atoms with van der Waals surface area (Å²) in [5, 5.41) is 14.0. The Bertz CT molecular complexity index is 999. The van der Waals surface area contributed by atoms with Crippen LogP contribution in [0, 0.1) is 27.7 Å². The molecule has 0 saturated carbocycles. The Morgan fingerprint density at radius 2 is 1.73 bits per heavy atom. The standard InChI is InChI=1S/C20H20F2N2O2/c1-11-7-12(2)17(13(3)8-11)10-24-18-9-15(20(21,22)19(25)26)5-6-16(18)14(4)23-24/h5-9H,10H2,1-4H3,(H,25,26). The Balaban J connectivity index is 2.14. The minimum atomic E-state index is -3.94. The highest BCUT2D eigenvalue weighted by Gasteiger charge is 2.41. The third-order valence-corrected chi connectivity index (χ3v) is 4.72. The highest BCUT2D eigenvalue weighted by molar-refractivity contribution is 5.85. The number of carboxylic acid groups (broad SMARTS) is 1. The van der Waals surface area contributed by atoms with Crippen LogP contribution in [0.5, 0.6) is 0 Å². The molecule has 0 atom stereocenters. The third kappa shape index (κ3) is 2.96. The number of aliphatic carboxylic acids is 1. The van der Waals surface area contributed by atoms with E-state index in [0.29, 0.717) is 17.8 Å². The molecule has 26 heavy (non-hydrogen) atoms. The summed E-state index contributed by atoms with van der Waals surface area (Å²) in [6.45, 7) is 8.29. The highest BCUT2D eigenvalue weighted by atomic mass is 19.3. The predicted molar refractivity (Wildman–Crippen MR) is 95.8 cm³/mol. The van der Waals surface area contributed by atoms with Crippen molar-refractivity contribution in [3.8, 4) is 0 Å². The van der Waals surface area contributed by atoms with Crippen molar-refractivity contribution in [1.29, 1.82) is 0 Å². The van der Waals surface area contributed by atoms with E-state index in [4.69, 9.17) is 5.11 Å². The second-order valence-corrected chi connectivity index (χ2v) is 6.73. The fourth-order valence-corrected chi connectivity index (χ4v) is 3.39. The van der Waals surface area contributed by atoms with Crippen molar-refractivity contribution in [2.45, 2.75) is 40.2 Å². The Kier molecular flexibility index (Phi) is 4.30. The quantitative estimate of drug-likeness (QED) is 0.747. The van der Waals surface area contributed by atoms with Gasteiger partial charge in [-0.15, -0.1) is 0 Å². The molecule has 3 rings (SSSR count). The van der Waals surface area contributed by atoms with Crippen LogP contribution in [0.1, 0.15) is 33.5 Å². The van der Waals surface area contributed by atoms with E-state index in [1.165, 1.54) is 12.1 Å². The van der Waals surface area contributed by atoms with E-state index in [-0.39, 0.29) is 0 Å².